The molecule has 0 atom stereocenters. The molecule has 1 aromatic heterocycles. The lowest BCUT2D eigenvalue weighted by molar-refractivity contribution is -0.384. The van der Waals surface area contributed by atoms with Crippen molar-refractivity contribution < 1.29 is 4.92 Å². The first kappa shape index (κ1) is 15.0. The maximum absolute atomic E-state index is 11.1. The molecule has 0 aliphatic carbocycles. The van der Waals surface area contributed by atoms with E-state index in [0.717, 1.165) is 25.9 Å². The molecular formula is C13H19ClN4O2. The molecule has 0 aromatic carbocycles. The van der Waals surface area contributed by atoms with Crippen molar-refractivity contribution in [3.63, 3.8) is 0 Å². The van der Waals surface area contributed by atoms with Gasteiger partial charge in [-0.3, -0.25) is 10.1 Å². The first-order valence-corrected chi connectivity index (χ1v) is 7.08. The van der Waals surface area contributed by atoms with Crippen LogP contribution in [-0.4, -0.2) is 28.0 Å². The Bertz CT molecular complexity index is 508. The Morgan fingerprint density at radius 2 is 1.95 bits per heavy atom. The molecule has 0 N–H and O–H groups in total. The Morgan fingerprint density at radius 3 is 2.45 bits per heavy atom. The summed E-state index contributed by atoms with van der Waals surface area (Å²) in [4.78, 5) is 20.3. The van der Waals surface area contributed by atoms with Crippen LogP contribution in [0, 0.1) is 21.4 Å². The molecule has 1 aliphatic heterocycles. The molecule has 1 fully saturated rings. The molecular weight excluding hydrogens is 280 g/mol. The average Bonchev–Trinajstić information content (AvgIpc) is 2.37. The van der Waals surface area contributed by atoms with Gasteiger partial charge in [0.25, 0.3) is 0 Å². The van der Waals surface area contributed by atoms with Crippen LogP contribution in [0.1, 0.15) is 33.6 Å². The third kappa shape index (κ3) is 3.00. The third-order valence-corrected chi connectivity index (χ3v) is 4.24. The second kappa shape index (κ2) is 5.52. The molecule has 1 saturated heterocycles. The second-order valence-electron chi connectivity index (χ2n) is 6.22. The van der Waals surface area contributed by atoms with Crippen LogP contribution >= 0.6 is 11.6 Å². The molecule has 0 spiro atoms. The molecule has 1 aromatic rings. The lowest BCUT2D eigenvalue weighted by Gasteiger charge is -2.38. The summed E-state index contributed by atoms with van der Waals surface area (Å²) >= 11 is 5.83. The molecule has 1 aliphatic rings. The summed E-state index contributed by atoms with van der Waals surface area (Å²) < 4.78 is 0. The summed E-state index contributed by atoms with van der Waals surface area (Å²) in [5.41, 5.74) is 0.0739. The van der Waals surface area contributed by atoms with Crippen LogP contribution in [0.4, 0.5) is 11.5 Å². The zero-order chi connectivity index (χ0) is 14.9. The zero-order valence-corrected chi connectivity index (χ0v) is 12.7. The van der Waals surface area contributed by atoms with Gasteiger partial charge in [-0.05, 0) is 24.2 Å². The van der Waals surface area contributed by atoms with Gasteiger partial charge in [0, 0.05) is 13.1 Å². The number of hydrogen-bond acceptors (Lipinski definition) is 5. The number of nitro groups is 1. The maximum Gasteiger partial charge on any atom is 0.348 e. The van der Waals surface area contributed by atoms with Crippen molar-refractivity contribution in [2.45, 2.75) is 33.6 Å². The summed E-state index contributed by atoms with van der Waals surface area (Å²) in [6.45, 7) is 8.22. The van der Waals surface area contributed by atoms with Gasteiger partial charge < -0.3 is 4.90 Å². The molecule has 2 rings (SSSR count). The summed E-state index contributed by atoms with van der Waals surface area (Å²) in [6.07, 6.45) is 3.28. The van der Waals surface area contributed by atoms with E-state index in [1.165, 1.54) is 6.33 Å². The predicted octanol–water partition coefficient (Wildman–Crippen LogP) is 3.30. The van der Waals surface area contributed by atoms with Crippen molar-refractivity contribution in [2.24, 2.45) is 11.3 Å². The fourth-order valence-corrected chi connectivity index (χ4v) is 2.89. The number of rotatable bonds is 2. The van der Waals surface area contributed by atoms with Crippen molar-refractivity contribution >= 4 is 23.1 Å². The minimum Gasteiger partial charge on any atom is -0.351 e. The predicted molar refractivity (Wildman–Crippen MR) is 78.1 cm³/mol. The van der Waals surface area contributed by atoms with Crippen molar-refractivity contribution in [3.05, 3.63) is 21.6 Å². The molecule has 0 radical (unpaired) electrons. The monoisotopic (exact) mass is 298 g/mol. The molecule has 2 heterocycles. The quantitative estimate of drug-likeness (QED) is 0.476. The van der Waals surface area contributed by atoms with Crippen LogP contribution in [0.15, 0.2) is 6.33 Å². The van der Waals surface area contributed by atoms with Gasteiger partial charge in [0.15, 0.2) is 0 Å². The van der Waals surface area contributed by atoms with Gasteiger partial charge in [0.2, 0.25) is 11.0 Å². The van der Waals surface area contributed by atoms with E-state index in [1.54, 1.807) is 0 Å². The minimum atomic E-state index is -0.506. The summed E-state index contributed by atoms with van der Waals surface area (Å²) in [6, 6.07) is 0. The number of halogens is 1. The average molecular weight is 299 g/mol. The lowest BCUT2D eigenvalue weighted by atomic mass is 9.75. The fourth-order valence-electron chi connectivity index (χ4n) is 2.69. The van der Waals surface area contributed by atoms with E-state index in [0.29, 0.717) is 11.7 Å². The SMILES string of the molecule is CC(C)(C)C1CCN(c2ncnc(Cl)c2[N+](=O)[O-])CC1. The van der Waals surface area contributed by atoms with E-state index >= 15 is 0 Å². The first-order chi connectivity index (χ1) is 9.30. The van der Waals surface area contributed by atoms with Gasteiger partial charge in [-0.2, -0.15) is 0 Å². The van der Waals surface area contributed by atoms with Gasteiger partial charge in [-0.15, -0.1) is 0 Å². The van der Waals surface area contributed by atoms with Gasteiger partial charge in [0.1, 0.15) is 6.33 Å². The largest absolute Gasteiger partial charge is 0.351 e. The van der Waals surface area contributed by atoms with Crippen LogP contribution in [0.3, 0.4) is 0 Å². The van der Waals surface area contributed by atoms with E-state index in [2.05, 4.69) is 30.7 Å². The molecule has 7 heteroatoms. The van der Waals surface area contributed by atoms with Crippen molar-refractivity contribution in [3.8, 4) is 0 Å². The first-order valence-electron chi connectivity index (χ1n) is 6.70. The summed E-state index contributed by atoms with van der Waals surface area (Å²) in [7, 11) is 0. The normalized spacial score (nSPS) is 17.3. The molecule has 0 bridgehead atoms. The molecule has 110 valence electrons. The number of hydrogen-bond donors (Lipinski definition) is 0. The highest BCUT2D eigenvalue weighted by Gasteiger charge is 2.32. The molecule has 6 nitrogen and oxygen atoms in total. The highest BCUT2D eigenvalue weighted by molar-refractivity contribution is 6.31. The molecule has 0 amide bonds. The number of anilines is 1. The highest BCUT2D eigenvalue weighted by atomic mass is 35.5. The van der Waals surface area contributed by atoms with Crippen molar-refractivity contribution in [1.82, 2.24) is 9.97 Å². The zero-order valence-electron chi connectivity index (χ0n) is 12.0. The standard InChI is InChI=1S/C13H19ClN4O2/c1-13(2,3)9-4-6-17(7-5-9)12-10(18(19)20)11(14)15-8-16-12/h8-9H,4-7H2,1-3H3. The second-order valence-corrected chi connectivity index (χ2v) is 6.58. The molecule has 0 saturated carbocycles. The van der Waals surface area contributed by atoms with E-state index in [9.17, 15) is 10.1 Å². The van der Waals surface area contributed by atoms with E-state index < -0.39 is 4.92 Å². The summed E-state index contributed by atoms with van der Waals surface area (Å²) in [5, 5.41) is 11.0. The Morgan fingerprint density at radius 1 is 1.35 bits per heavy atom. The molecule has 0 unspecified atom stereocenters. The van der Waals surface area contributed by atoms with Gasteiger partial charge in [-0.1, -0.05) is 32.4 Å². The summed E-state index contributed by atoms with van der Waals surface area (Å²) in [5.74, 6) is 0.956. The lowest BCUT2D eigenvalue weighted by Crippen LogP contribution is -2.38. The van der Waals surface area contributed by atoms with E-state index in [-0.39, 0.29) is 16.3 Å². The number of aromatic nitrogens is 2. The topological polar surface area (TPSA) is 72.2 Å². The van der Waals surface area contributed by atoms with Crippen LogP contribution in [0.5, 0.6) is 0 Å². The maximum atomic E-state index is 11.1. The Hall–Kier alpha value is -1.43. The van der Waals surface area contributed by atoms with Gasteiger partial charge in [-0.25, -0.2) is 9.97 Å². The minimum absolute atomic E-state index is 0.0991. The van der Waals surface area contributed by atoms with Gasteiger partial charge >= 0.3 is 5.69 Å². The van der Waals surface area contributed by atoms with Crippen molar-refractivity contribution in [1.29, 1.82) is 0 Å². The third-order valence-electron chi connectivity index (χ3n) is 3.96. The van der Waals surface area contributed by atoms with Crippen LogP contribution < -0.4 is 4.90 Å². The Kier molecular flexibility index (Phi) is 4.13. The van der Waals surface area contributed by atoms with Crippen LogP contribution in [0.25, 0.3) is 0 Å². The molecule has 20 heavy (non-hydrogen) atoms. The highest BCUT2D eigenvalue weighted by Crippen LogP contribution is 2.38. The van der Waals surface area contributed by atoms with Gasteiger partial charge in [0.05, 0.1) is 4.92 Å². The smallest absolute Gasteiger partial charge is 0.348 e. The van der Waals surface area contributed by atoms with E-state index in [1.807, 2.05) is 4.90 Å². The Labute approximate surface area is 123 Å². The van der Waals surface area contributed by atoms with Crippen LogP contribution in [-0.2, 0) is 0 Å². The number of piperidine rings is 1. The Balaban J connectivity index is 2.19. The van der Waals surface area contributed by atoms with E-state index in [4.69, 9.17) is 11.6 Å². The van der Waals surface area contributed by atoms with Crippen LogP contribution in [0.2, 0.25) is 5.15 Å². The fraction of sp³-hybridized carbons (Fsp3) is 0.692. The van der Waals surface area contributed by atoms with Crippen molar-refractivity contribution in [2.75, 3.05) is 18.0 Å². The number of nitrogens with zero attached hydrogens (tertiary/aromatic N) is 4.